The molecule has 0 N–H and O–H groups in total. The first-order chi connectivity index (χ1) is 11.1. The van der Waals surface area contributed by atoms with Gasteiger partial charge in [-0.15, -0.1) is 11.8 Å². The Hall–Kier alpha value is -2.21. The predicted octanol–water partition coefficient (Wildman–Crippen LogP) is 5.01. The van der Waals surface area contributed by atoms with E-state index in [1.165, 1.54) is 30.0 Å². The maximum absolute atomic E-state index is 13.7. The zero-order valence-corrected chi connectivity index (χ0v) is 13.2. The molecule has 6 heteroatoms. The van der Waals surface area contributed by atoms with Crippen LogP contribution in [0.5, 0.6) is 0 Å². The molecule has 2 aromatic carbocycles. The normalized spacial score (nSPS) is 12.3. The van der Waals surface area contributed by atoms with Gasteiger partial charge in [0.05, 0.1) is 5.75 Å². The molecule has 0 aliphatic heterocycles. The number of thioether (sulfide) groups is 1. The van der Waals surface area contributed by atoms with Gasteiger partial charge in [0.15, 0.2) is 5.82 Å². The monoisotopic (exact) mass is 332 g/mol. The van der Waals surface area contributed by atoms with Crippen molar-refractivity contribution in [1.29, 1.82) is 0 Å². The second-order valence-electron chi connectivity index (χ2n) is 5.00. The van der Waals surface area contributed by atoms with Crippen LogP contribution < -0.4 is 0 Å². The summed E-state index contributed by atoms with van der Waals surface area (Å²) in [6, 6.07) is 12.6. The first-order valence-electron chi connectivity index (χ1n) is 7.08. The van der Waals surface area contributed by atoms with E-state index in [-0.39, 0.29) is 16.9 Å². The fourth-order valence-electron chi connectivity index (χ4n) is 2.12. The van der Waals surface area contributed by atoms with Crippen molar-refractivity contribution in [2.24, 2.45) is 0 Å². The van der Waals surface area contributed by atoms with Crippen molar-refractivity contribution in [1.82, 2.24) is 10.1 Å². The van der Waals surface area contributed by atoms with E-state index in [0.29, 0.717) is 28.6 Å². The van der Waals surface area contributed by atoms with Crippen LogP contribution in [0.25, 0.3) is 11.5 Å². The maximum atomic E-state index is 13.7. The molecule has 0 aliphatic rings. The van der Waals surface area contributed by atoms with Gasteiger partial charge in [-0.25, -0.2) is 8.78 Å². The summed E-state index contributed by atoms with van der Waals surface area (Å²) in [5.41, 5.74) is 1.32. The Kier molecular flexibility index (Phi) is 4.71. The Bertz CT molecular complexity index is 789. The first-order valence-corrected chi connectivity index (χ1v) is 8.13. The van der Waals surface area contributed by atoms with Gasteiger partial charge in [-0.2, -0.15) is 4.98 Å². The molecular weight excluding hydrogens is 318 g/mol. The summed E-state index contributed by atoms with van der Waals surface area (Å²) in [4.78, 5) is 4.28. The largest absolute Gasteiger partial charge is 0.334 e. The van der Waals surface area contributed by atoms with Gasteiger partial charge in [-0.05, 0) is 37.3 Å². The number of hydrogen-bond donors (Lipinski definition) is 0. The molecule has 1 atom stereocenters. The molecule has 0 radical (unpaired) electrons. The Labute approximate surface area is 136 Å². The van der Waals surface area contributed by atoms with Crippen LogP contribution in [0.1, 0.15) is 23.6 Å². The summed E-state index contributed by atoms with van der Waals surface area (Å²) in [5, 5.41) is 3.88. The van der Waals surface area contributed by atoms with E-state index in [0.717, 1.165) is 0 Å². The lowest BCUT2D eigenvalue weighted by Crippen LogP contribution is -1.94. The number of nitrogens with zero attached hydrogens (tertiary/aromatic N) is 2. The number of halogens is 2. The zero-order valence-electron chi connectivity index (χ0n) is 12.4. The molecule has 0 amide bonds. The summed E-state index contributed by atoms with van der Waals surface area (Å²) in [5.74, 6) is 0.840. The van der Waals surface area contributed by atoms with Gasteiger partial charge >= 0.3 is 0 Å². The molecule has 0 aliphatic carbocycles. The Morgan fingerprint density at radius 3 is 2.57 bits per heavy atom. The minimum absolute atomic E-state index is 0.0241. The molecule has 3 aromatic rings. The molecule has 0 saturated carbocycles. The van der Waals surface area contributed by atoms with E-state index in [4.69, 9.17) is 4.52 Å². The second-order valence-corrected chi connectivity index (χ2v) is 6.33. The van der Waals surface area contributed by atoms with Crippen LogP contribution in [0.4, 0.5) is 8.78 Å². The van der Waals surface area contributed by atoms with Crippen LogP contribution in [-0.4, -0.2) is 10.1 Å². The van der Waals surface area contributed by atoms with Gasteiger partial charge in [0, 0.05) is 16.4 Å². The van der Waals surface area contributed by atoms with Crippen molar-refractivity contribution in [3.05, 3.63) is 71.6 Å². The average molecular weight is 332 g/mol. The SMILES string of the molecule is CC(SCc1noc(-c2ccc(F)cc2)n1)c1ccccc1F. The molecule has 0 spiro atoms. The highest BCUT2D eigenvalue weighted by Crippen LogP contribution is 2.32. The van der Waals surface area contributed by atoms with E-state index in [2.05, 4.69) is 10.1 Å². The van der Waals surface area contributed by atoms with Gasteiger partial charge in [0.25, 0.3) is 5.89 Å². The van der Waals surface area contributed by atoms with Crippen molar-refractivity contribution in [3.63, 3.8) is 0 Å². The average Bonchev–Trinajstić information content (AvgIpc) is 3.03. The van der Waals surface area contributed by atoms with Crippen LogP contribution in [0.15, 0.2) is 53.1 Å². The van der Waals surface area contributed by atoms with E-state index < -0.39 is 0 Å². The van der Waals surface area contributed by atoms with Gasteiger partial charge in [-0.3, -0.25) is 0 Å². The number of benzene rings is 2. The predicted molar refractivity (Wildman–Crippen MR) is 85.8 cm³/mol. The third-order valence-electron chi connectivity index (χ3n) is 3.36. The standard InChI is InChI=1S/C17H14F2N2OS/c1-11(14-4-2-3-5-15(14)19)23-10-16-20-17(22-21-16)12-6-8-13(18)9-7-12/h2-9,11H,10H2,1H3. The summed E-state index contributed by atoms with van der Waals surface area (Å²) in [6.45, 7) is 1.93. The zero-order chi connectivity index (χ0) is 16.2. The van der Waals surface area contributed by atoms with E-state index in [1.54, 1.807) is 24.3 Å². The third-order valence-corrected chi connectivity index (χ3v) is 4.54. The molecule has 3 rings (SSSR count). The molecule has 23 heavy (non-hydrogen) atoms. The molecule has 0 saturated heterocycles. The van der Waals surface area contributed by atoms with Crippen LogP contribution >= 0.6 is 11.8 Å². The summed E-state index contributed by atoms with van der Waals surface area (Å²) in [7, 11) is 0. The number of aromatic nitrogens is 2. The van der Waals surface area contributed by atoms with Crippen molar-refractivity contribution in [2.75, 3.05) is 0 Å². The molecule has 3 nitrogen and oxygen atoms in total. The molecule has 1 unspecified atom stereocenters. The summed E-state index contributed by atoms with van der Waals surface area (Å²) in [6.07, 6.45) is 0. The lowest BCUT2D eigenvalue weighted by molar-refractivity contribution is 0.425. The maximum Gasteiger partial charge on any atom is 0.257 e. The Morgan fingerprint density at radius 1 is 1.09 bits per heavy atom. The lowest BCUT2D eigenvalue weighted by atomic mass is 10.1. The van der Waals surface area contributed by atoms with Gasteiger partial charge < -0.3 is 4.52 Å². The minimum atomic E-state index is -0.317. The van der Waals surface area contributed by atoms with Crippen LogP contribution in [0.2, 0.25) is 0 Å². The molecule has 1 heterocycles. The van der Waals surface area contributed by atoms with Gasteiger partial charge in [-0.1, -0.05) is 23.4 Å². The fourth-order valence-corrected chi connectivity index (χ4v) is 3.00. The lowest BCUT2D eigenvalue weighted by Gasteiger charge is -2.10. The van der Waals surface area contributed by atoms with Crippen LogP contribution in [0, 0.1) is 11.6 Å². The van der Waals surface area contributed by atoms with Crippen LogP contribution in [0.3, 0.4) is 0 Å². The van der Waals surface area contributed by atoms with Crippen molar-refractivity contribution >= 4 is 11.8 Å². The summed E-state index contributed by atoms with van der Waals surface area (Å²) >= 11 is 1.52. The highest BCUT2D eigenvalue weighted by molar-refractivity contribution is 7.98. The van der Waals surface area contributed by atoms with E-state index in [9.17, 15) is 8.78 Å². The minimum Gasteiger partial charge on any atom is -0.334 e. The van der Waals surface area contributed by atoms with Gasteiger partial charge in [0.1, 0.15) is 11.6 Å². The number of hydrogen-bond acceptors (Lipinski definition) is 4. The van der Waals surface area contributed by atoms with E-state index >= 15 is 0 Å². The third kappa shape index (κ3) is 3.76. The van der Waals surface area contributed by atoms with Crippen molar-refractivity contribution < 1.29 is 13.3 Å². The molecular formula is C17H14F2N2OS. The highest BCUT2D eigenvalue weighted by Gasteiger charge is 2.14. The highest BCUT2D eigenvalue weighted by atomic mass is 32.2. The fraction of sp³-hybridized carbons (Fsp3) is 0.176. The Morgan fingerprint density at radius 2 is 1.83 bits per heavy atom. The first kappa shape index (κ1) is 15.7. The molecule has 1 aromatic heterocycles. The Balaban J connectivity index is 1.65. The smallest absolute Gasteiger partial charge is 0.257 e. The quantitative estimate of drug-likeness (QED) is 0.658. The second kappa shape index (κ2) is 6.91. The summed E-state index contributed by atoms with van der Waals surface area (Å²) < 4.78 is 31.8. The topological polar surface area (TPSA) is 38.9 Å². The van der Waals surface area contributed by atoms with Gasteiger partial charge in [0.2, 0.25) is 0 Å². The van der Waals surface area contributed by atoms with E-state index in [1.807, 2.05) is 13.0 Å². The molecule has 0 fully saturated rings. The molecule has 0 bridgehead atoms. The van der Waals surface area contributed by atoms with Crippen molar-refractivity contribution in [2.45, 2.75) is 17.9 Å². The number of rotatable bonds is 5. The van der Waals surface area contributed by atoms with Crippen LogP contribution in [-0.2, 0) is 5.75 Å². The van der Waals surface area contributed by atoms with Crippen molar-refractivity contribution in [3.8, 4) is 11.5 Å². The molecule has 118 valence electrons.